The molecule has 1 aliphatic heterocycles. The molecule has 1 fully saturated rings. The van der Waals surface area contributed by atoms with Gasteiger partial charge < -0.3 is 20.1 Å². The van der Waals surface area contributed by atoms with E-state index in [0.29, 0.717) is 25.0 Å². The Hall–Kier alpha value is -2.31. The maximum Gasteiger partial charge on any atom is 0.315 e. The van der Waals surface area contributed by atoms with Crippen molar-refractivity contribution >= 4 is 16.8 Å². The van der Waals surface area contributed by atoms with Gasteiger partial charge >= 0.3 is 6.03 Å². The van der Waals surface area contributed by atoms with Crippen LogP contribution in [-0.2, 0) is 11.3 Å². The Kier molecular flexibility index (Phi) is 7.12. The maximum absolute atomic E-state index is 12.3. The Morgan fingerprint density at radius 1 is 1.11 bits per heavy atom. The Balaban J connectivity index is 1.51. The lowest BCUT2D eigenvalue weighted by atomic mass is 10.0. The van der Waals surface area contributed by atoms with Crippen LogP contribution in [-0.4, -0.2) is 56.9 Å². The van der Waals surface area contributed by atoms with Crippen LogP contribution in [0.4, 0.5) is 4.79 Å². The Bertz CT molecular complexity index is 788. The number of fused-ring (bicyclic) bond motifs is 1. The number of carbonyl (C=O) groups is 1. The number of nitrogens with zero attached hydrogens (tertiary/aromatic N) is 1. The summed E-state index contributed by atoms with van der Waals surface area (Å²) in [5, 5.41) is 8.26. The molecule has 0 spiro atoms. The Labute approximate surface area is 167 Å². The van der Waals surface area contributed by atoms with Crippen molar-refractivity contribution in [2.45, 2.75) is 26.4 Å². The minimum absolute atomic E-state index is 0.131. The molecular formula is C22H31N3O3. The van der Waals surface area contributed by atoms with Crippen molar-refractivity contribution in [3.8, 4) is 5.75 Å². The molecule has 2 N–H and O–H groups in total. The van der Waals surface area contributed by atoms with Crippen molar-refractivity contribution in [1.29, 1.82) is 0 Å². The van der Waals surface area contributed by atoms with Gasteiger partial charge in [-0.15, -0.1) is 0 Å². The van der Waals surface area contributed by atoms with E-state index < -0.39 is 0 Å². The fourth-order valence-electron chi connectivity index (χ4n) is 3.65. The second-order valence-electron chi connectivity index (χ2n) is 7.57. The molecule has 28 heavy (non-hydrogen) atoms. The molecule has 0 aromatic heterocycles. The van der Waals surface area contributed by atoms with Gasteiger partial charge in [-0.25, -0.2) is 4.79 Å². The van der Waals surface area contributed by atoms with E-state index >= 15 is 0 Å². The largest absolute Gasteiger partial charge is 0.497 e. The molecule has 6 heteroatoms. The van der Waals surface area contributed by atoms with Crippen LogP contribution in [0.15, 0.2) is 36.4 Å². The van der Waals surface area contributed by atoms with Crippen molar-refractivity contribution in [3.05, 3.63) is 42.0 Å². The highest BCUT2D eigenvalue weighted by Crippen LogP contribution is 2.21. The van der Waals surface area contributed by atoms with Crippen LogP contribution >= 0.6 is 0 Å². The Morgan fingerprint density at radius 3 is 2.54 bits per heavy atom. The van der Waals surface area contributed by atoms with Gasteiger partial charge in [-0.2, -0.15) is 0 Å². The molecule has 1 atom stereocenters. The van der Waals surface area contributed by atoms with Crippen LogP contribution in [0.25, 0.3) is 10.8 Å². The van der Waals surface area contributed by atoms with Crippen LogP contribution in [0, 0.1) is 5.92 Å². The highest BCUT2D eigenvalue weighted by atomic mass is 16.5. The average molecular weight is 386 g/mol. The maximum atomic E-state index is 12.3. The van der Waals surface area contributed by atoms with E-state index in [0.717, 1.165) is 48.4 Å². The summed E-state index contributed by atoms with van der Waals surface area (Å²) in [6.07, 6.45) is 0. The number of morpholine rings is 1. The van der Waals surface area contributed by atoms with E-state index in [1.54, 1.807) is 7.11 Å². The lowest BCUT2D eigenvalue weighted by Gasteiger charge is -2.36. The third-order valence-electron chi connectivity index (χ3n) is 5.32. The highest BCUT2D eigenvalue weighted by molar-refractivity contribution is 5.84. The molecule has 0 saturated carbocycles. The number of rotatable bonds is 7. The number of amides is 2. The number of benzene rings is 2. The SMILES string of the molecule is COc1ccc2cc(CNC(=O)NCC(C(C)C)N3CCOCC3)ccc2c1. The lowest BCUT2D eigenvalue weighted by molar-refractivity contribution is 0.00719. The summed E-state index contributed by atoms with van der Waals surface area (Å²) in [7, 11) is 1.67. The van der Waals surface area contributed by atoms with Crippen LogP contribution < -0.4 is 15.4 Å². The average Bonchev–Trinajstić information content (AvgIpc) is 2.72. The molecule has 0 bridgehead atoms. The fraction of sp³-hybridized carbons (Fsp3) is 0.500. The van der Waals surface area contributed by atoms with E-state index in [4.69, 9.17) is 9.47 Å². The van der Waals surface area contributed by atoms with Crippen LogP contribution in [0.2, 0.25) is 0 Å². The molecule has 2 amide bonds. The smallest absolute Gasteiger partial charge is 0.315 e. The Morgan fingerprint density at radius 2 is 1.82 bits per heavy atom. The summed E-state index contributed by atoms with van der Waals surface area (Å²) in [5.41, 5.74) is 1.07. The monoisotopic (exact) mass is 385 g/mol. The van der Waals surface area contributed by atoms with Crippen LogP contribution in [0.3, 0.4) is 0 Å². The van der Waals surface area contributed by atoms with E-state index in [1.165, 1.54) is 0 Å². The number of carbonyl (C=O) groups excluding carboxylic acids is 1. The van der Waals surface area contributed by atoms with E-state index in [9.17, 15) is 4.79 Å². The third-order valence-corrected chi connectivity index (χ3v) is 5.32. The van der Waals surface area contributed by atoms with Crippen LogP contribution in [0.1, 0.15) is 19.4 Å². The van der Waals surface area contributed by atoms with Gasteiger partial charge in [0.1, 0.15) is 5.75 Å². The van der Waals surface area contributed by atoms with Crippen molar-refractivity contribution in [1.82, 2.24) is 15.5 Å². The zero-order valence-corrected chi connectivity index (χ0v) is 17.0. The molecule has 0 aliphatic carbocycles. The first-order chi connectivity index (χ1) is 13.6. The number of hydrogen-bond donors (Lipinski definition) is 2. The molecule has 152 valence electrons. The zero-order chi connectivity index (χ0) is 19.9. The highest BCUT2D eigenvalue weighted by Gasteiger charge is 2.24. The quantitative estimate of drug-likeness (QED) is 0.769. The summed E-state index contributed by atoms with van der Waals surface area (Å²) < 4.78 is 10.7. The van der Waals surface area contributed by atoms with Gasteiger partial charge in [0.15, 0.2) is 0 Å². The number of nitrogens with one attached hydrogen (secondary N) is 2. The first kappa shape index (κ1) is 20.4. The third kappa shape index (κ3) is 5.36. The second kappa shape index (κ2) is 9.75. The summed E-state index contributed by atoms with van der Waals surface area (Å²) in [5.74, 6) is 1.31. The predicted octanol–water partition coefficient (Wildman–Crippen LogP) is 3.00. The van der Waals surface area contributed by atoms with E-state index in [2.05, 4.69) is 41.5 Å². The predicted molar refractivity (Wildman–Crippen MR) is 112 cm³/mol. The minimum atomic E-state index is -0.131. The van der Waals surface area contributed by atoms with Crippen molar-refractivity contribution < 1.29 is 14.3 Å². The van der Waals surface area contributed by atoms with Gasteiger partial charge in [0, 0.05) is 32.2 Å². The van der Waals surface area contributed by atoms with Gasteiger partial charge in [0.2, 0.25) is 0 Å². The number of ether oxygens (including phenoxy) is 2. The van der Waals surface area contributed by atoms with Crippen molar-refractivity contribution in [2.24, 2.45) is 5.92 Å². The fourth-order valence-corrected chi connectivity index (χ4v) is 3.65. The molecular weight excluding hydrogens is 354 g/mol. The molecule has 1 saturated heterocycles. The topological polar surface area (TPSA) is 62.8 Å². The molecule has 3 rings (SSSR count). The summed E-state index contributed by atoms with van der Waals surface area (Å²) >= 11 is 0. The van der Waals surface area contributed by atoms with Crippen molar-refractivity contribution in [2.75, 3.05) is 40.0 Å². The van der Waals surface area contributed by atoms with Gasteiger partial charge in [0.05, 0.1) is 20.3 Å². The standard InChI is InChI=1S/C22H31N3O3/c1-16(2)21(25-8-10-28-11-9-25)15-24-22(26)23-14-17-4-5-19-13-20(27-3)7-6-18(19)12-17/h4-7,12-13,16,21H,8-11,14-15H2,1-3H3,(H2,23,24,26). The van der Waals surface area contributed by atoms with Crippen LogP contribution in [0.5, 0.6) is 5.75 Å². The summed E-state index contributed by atoms with van der Waals surface area (Å²) in [4.78, 5) is 14.7. The molecule has 1 heterocycles. The summed E-state index contributed by atoms with van der Waals surface area (Å²) in [6.45, 7) is 8.92. The molecule has 1 aliphatic rings. The first-order valence-electron chi connectivity index (χ1n) is 9.97. The van der Waals surface area contributed by atoms with E-state index in [-0.39, 0.29) is 6.03 Å². The minimum Gasteiger partial charge on any atom is -0.497 e. The first-order valence-corrected chi connectivity index (χ1v) is 9.97. The van der Waals surface area contributed by atoms with Gasteiger partial charge in [-0.3, -0.25) is 4.90 Å². The lowest BCUT2D eigenvalue weighted by Crippen LogP contribution is -2.52. The molecule has 6 nitrogen and oxygen atoms in total. The van der Waals surface area contributed by atoms with Crippen molar-refractivity contribution in [3.63, 3.8) is 0 Å². The van der Waals surface area contributed by atoms with Gasteiger partial charge in [-0.1, -0.05) is 32.0 Å². The van der Waals surface area contributed by atoms with Gasteiger partial charge in [0.25, 0.3) is 0 Å². The summed E-state index contributed by atoms with van der Waals surface area (Å²) in [6, 6.07) is 12.4. The second-order valence-corrected chi connectivity index (χ2v) is 7.57. The molecule has 2 aromatic carbocycles. The molecule has 2 aromatic rings. The van der Waals surface area contributed by atoms with E-state index in [1.807, 2.05) is 24.3 Å². The zero-order valence-electron chi connectivity index (χ0n) is 17.0. The number of methoxy groups -OCH3 is 1. The molecule has 1 unspecified atom stereocenters. The number of hydrogen-bond acceptors (Lipinski definition) is 4. The number of urea groups is 1. The molecule has 0 radical (unpaired) electrons. The van der Waals surface area contributed by atoms with Gasteiger partial charge in [-0.05, 0) is 40.5 Å². The normalized spacial score (nSPS) is 16.1.